The van der Waals surface area contributed by atoms with Crippen molar-refractivity contribution in [1.29, 1.82) is 0 Å². The Morgan fingerprint density at radius 3 is 2.55 bits per heavy atom. The third-order valence-corrected chi connectivity index (χ3v) is 5.50. The van der Waals surface area contributed by atoms with Gasteiger partial charge in [-0.1, -0.05) is 36.4 Å². The molecule has 0 fully saturated rings. The zero-order valence-electron chi connectivity index (χ0n) is 17.8. The van der Waals surface area contributed by atoms with Crippen LogP contribution in [0.2, 0.25) is 0 Å². The van der Waals surface area contributed by atoms with E-state index in [1.165, 1.54) is 0 Å². The number of aromatic nitrogens is 1. The minimum atomic E-state index is -0.287. The predicted molar refractivity (Wildman–Crippen MR) is 127 cm³/mol. The Balaban J connectivity index is 1.37. The third kappa shape index (κ3) is 4.32. The Morgan fingerprint density at radius 2 is 1.73 bits per heavy atom. The smallest absolute Gasteiger partial charge is 0.259 e. The summed E-state index contributed by atoms with van der Waals surface area (Å²) in [6, 6.07) is 25.6. The molecule has 1 aliphatic heterocycles. The molecule has 0 atom stereocenters. The topological polar surface area (TPSA) is 71.5 Å². The third-order valence-electron chi connectivity index (χ3n) is 5.50. The lowest BCUT2D eigenvalue weighted by molar-refractivity contribution is 0.0987. The van der Waals surface area contributed by atoms with Crippen molar-refractivity contribution in [2.45, 2.75) is 6.42 Å². The van der Waals surface area contributed by atoms with E-state index in [2.05, 4.69) is 10.3 Å². The maximum Gasteiger partial charge on any atom is 0.259 e. The van der Waals surface area contributed by atoms with Gasteiger partial charge in [0.05, 0.1) is 11.1 Å². The Labute approximate surface area is 191 Å². The van der Waals surface area contributed by atoms with Crippen LogP contribution >= 0.6 is 0 Å². The highest BCUT2D eigenvalue weighted by Crippen LogP contribution is 2.33. The van der Waals surface area contributed by atoms with E-state index in [0.29, 0.717) is 34.9 Å². The molecular weight excluding hydrogens is 414 g/mol. The second-order valence-electron chi connectivity index (χ2n) is 7.66. The first-order valence-corrected chi connectivity index (χ1v) is 10.7. The van der Waals surface area contributed by atoms with E-state index < -0.39 is 0 Å². The fourth-order valence-corrected chi connectivity index (χ4v) is 3.87. The second kappa shape index (κ2) is 8.96. The average molecular weight is 435 g/mol. The van der Waals surface area contributed by atoms with Crippen molar-refractivity contribution >= 4 is 23.2 Å². The monoisotopic (exact) mass is 435 g/mol. The van der Waals surface area contributed by atoms with E-state index in [1.807, 2.05) is 54.6 Å². The van der Waals surface area contributed by atoms with Crippen LogP contribution in [0, 0.1) is 0 Å². The van der Waals surface area contributed by atoms with Crippen LogP contribution in [0.4, 0.5) is 11.4 Å². The number of carbonyl (C=O) groups excluding carboxylic acids is 2. The van der Waals surface area contributed by atoms with Crippen molar-refractivity contribution in [2.24, 2.45) is 0 Å². The molecule has 3 aromatic carbocycles. The quantitative estimate of drug-likeness (QED) is 0.460. The van der Waals surface area contributed by atoms with Crippen molar-refractivity contribution in [3.63, 3.8) is 0 Å². The molecule has 5 rings (SSSR count). The summed E-state index contributed by atoms with van der Waals surface area (Å²) in [5.41, 5.74) is 3.43. The van der Waals surface area contributed by atoms with E-state index in [1.54, 1.807) is 47.6 Å². The summed E-state index contributed by atoms with van der Waals surface area (Å²) in [5.74, 6) is 0.729. The van der Waals surface area contributed by atoms with Gasteiger partial charge in [-0.2, -0.15) is 0 Å². The summed E-state index contributed by atoms with van der Waals surface area (Å²) < 4.78 is 5.92. The van der Waals surface area contributed by atoms with Gasteiger partial charge in [-0.05, 0) is 60.5 Å². The van der Waals surface area contributed by atoms with Gasteiger partial charge in [-0.15, -0.1) is 0 Å². The SMILES string of the molecule is O=C(Nc1ccc2c(c1)N(C(=O)c1cccnc1)CC2)c1ccccc1Oc1ccccc1. The zero-order valence-corrected chi connectivity index (χ0v) is 17.8. The van der Waals surface area contributed by atoms with Crippen molar-refractivity contribution in [1.82, 2.24) is 4.98 Å². The molecule has 0 saturated heterocycles. The molecule has 0 radical (unpaired) electrons. The normalized spacial score (nSPS) is 12.2. The summed E-state index contributed by atoms with van der Waals surface area (Å²) in [6.07, 6.45) is 3.97. The Hall–Kier alpha value is -4.45. The maximum atomic E-state index is 13.1. The lowest BCUT2D eigenvalue weighted by atomic mass is 10.1. The molecule has 0 saturated carbocycles. The molecule has 1 aliphatic rings. The van der Waals surface area contributed by atoms with Gasteiger partial charge in [0, 0.05) is 30.3 Å². The van der Waals surface area contributed by atoms with Crippen LogP contribution in [-0.2, 0) is 6.42 Å². The lowest BCUT2D eigenvalue weighted by Crippen LogP contribution is -2.29. The van der Waals surface area contributed by atoms with E-state index in [-0.39, 0.29) is 11.8 Å². The van der Waals surface area contributed by atoms with Gasteiger partial charge in [0.1, 0.15) is 11.5 Å². The number of hydrogen-bond donors (Lipinski definition) is 1. The van der Waals surface area contributed by atoms with Crippen LogP contribution in [0.15, 0.2) is 97.3 Å². The van der Waals surface area contributed by atoms with Crippen LogP contribution in [0.5, 0.6) is 11.5 Å². The van der Waals surface area contributed by atoms with Gasteiger partial charge in [-0.25, -0.2) is 0 Å². The zero-order chi connectivity index (χ0) is 22.6. The minimum absolute atomic E-state index is 0.105. The molecule has 1 N–H and O–H groups in total. The summed E-state index contributed by atoms with van der Waals surface area (Å²) in [5, 5.41) is 2.94. The highest BCUT2D eigenvalue weighted by molar-refractivity contribution is 6.09. The average Bonchev–Trinajstić information content (AvgIpc) is 3.28. The minimum Gasteiger partial charge on any atom is -0.457 e. The molecule has 0 aliphatic carbocycles. The van der Waals surface area contributed by atoms with Crippen molar-refractivity contribution in [2.75, 3.05) is 16.8 Å². The number of benzene rings is 3. The highest BCUT2D eigenvalue weighted by Gasteiger charge is 2.26. The van der Waals surface area contributed by atoms with Gasteiger partial charge in [0.15, 0.2) is 0 Å². The van der Waals surface area contributed by atoms with Crippen LogP contribution in [-0.4, -0.2) is 23.3 Å². The molecule has 0 spiro atoms. The molecule has 0 unspecified atom stereocenters. The number of nitrogens with one attached hydrogen (secondary N) is 1. The molecule has 1 aromatic heterocycles. The van der Waals surface area contributed by atoms with Gasteiger partial charge < -0.3 is 15.0 Å². The summed E-state index contributed by atoms with van der Waals surface area (Å²) in [7, 11) is 0. The number of amides is 2. The molecule has 162 valence electrons. The summed E-state index contributed by atoms with van der Waals surface area (Å²) >= 11 is 0. The first kappa shape index (κ1) is 20.5. The number of nitrogens with zero attached hydrogens (tertiary/aromatic N) is 2. The first-order valence-electron chi connectivity index (χ1n) is 10.7. The molecule has 33 heavy (non-hydrogen) atoms. The number of carbonyl (C=O) groups is 2. The number of para-hydroxylation sites is 2. The molecular formula is C27H21N3O3. The largest absolute Gasteiger partial charge is 0.457 e. The van der Waals surface area contributed by atoms with Crippen molar-refractivity contribution in [3.8, 4) is 11.5 Å². The van der Waals surface area contributed by atoms with Crippen LogP contribution in [0.1, 0.15) is 26.3 Å². The molecule has 0 bridgehead atoms. The van der Waals surface area contributed by atoms with Gasteiger partial charge >= 0.3 is 0 Å². The number of ether oxygens (including phenoxy) is 1. The van der Waals surface area contributed by atoms with E-state index >= 15 is 0 Å². The fraction of sp³-hybridized carbons (Fsp3) is 0.0741. The van der Waals surface area contributed by atoms with Crippen molar-refractivity contribution in [3.05, 3.63) is 114 Å². The maximum absolute atomic E-state index is 13.1. The molecule has 6 nitrogen and oxygen atoms in total. The Kier molecular flexibility index (Phi) is 5.55. The Bertz CT molecular complexity index is 1310. The summed E-state index contributed by atoms with van der Waals surface area (Å²) in [4.78, 5) is 31.8. The van der Waals surface area contributed by atoms with Crippen LogP contribution in [0.3, 0.4) is 0 Å². The van der Waals surface area contributed by atoms with E-state index in [0.717, 1.165) is 17.7 Å². The number of hydrogen-bond acceptors (Lipinski definition) is 4. The number of anilines is 2. The predicted octanol–water partition coefficient (Wildman–Crippen LogP) is 5.33. The molecule has 2 heterocycles. The number of pyridine rings is 1. The standard InChI is InChI=1S/C27H21N3O3/c31-26(23-10-4-5-11-25(23)33-22-8-2-1-3-9-22)29-21-13-12-19-14-16-30(24(19)17-21)27(32)20-7-6-15-28-18-20/h1-13,15,17-18H,14,16H2,(H,29,31). The molecule has 6 heteroatoms. The second-order valence-corrected chi connectivity index (χ2v) is 7.66. The van der Waals surface area contributed by atoms with E-state index in [4.69, 9.17) is 4.74 Å². The number of rotatable bonds is 5. The van der Waals surface area contributed by atoms with Crippen LogP contribution < -0.4 is 15.0 Å². The summed E-state index contributed by atoms with van der Waals surface area (Å²) in [6.45, 7) is 0.591. The van der Waals surface area contributed by atoms with Gasteiger partial charge in [0.25, 0.3) is 11.8 Å². The molecule has 2 amide bonds. The highest BCUT2D eigenvalue weighted by atomic mass is 16.5. The molecule has 4 aromatic rings. The number of fused-ring (bicyclic) bond motifs is 1. The lowest BCUT2D eigenvalue weighted by Gasteiger charge is -2.18. The van der Waals surface area contributed by atoms with Crippen molar-refractivity contribution < 1.29 is 14.3 Å². The first-order chi connectivity index (χ1) is 16.2. The Morgan fingerprint density at radius 1 is 0.909 bits per heavy atom. The van der Waals surface area contributed by atoms with Gasteiger partial charge in [0.2, 0.25) is 0 Å². The van der Waals surface area contributed by atoms with E-state index in [9.17, 15) is 9.59 Å². The fourth-order valence-electron chi connectivity index (χ4n) is 3.87. The van der Waals surface area contributed by atoms with Crippen LogP contribution in [0.25, 0.3) is 0 Å². The van der Waals surface area contributed by atoms with Gasteiger partial charge in [-0.3, -0.25) is 14.6 Å².